The minimum absolute atomic E-state index is 0.00603. The van der Waals surface area contributed by atoms with Gasteiger partial charge in [0, 0.05) is 0 Å². The Balaban J connectivity index is 1.54. The molecule has 0 N–H and O–H groups in total. The number of ether oxygens (including phenoxy) is 2. The van der Waals surface area contributed by atoms with Gasteiger partial charge in [-0.15, -0.1) is 18.3 Å². The first-order valence-corrected chi connectivity index (χ1v) is 9.76. The Morgan fingerprint density at radius 3 is 2.24 bits per heavy atom. The molecule has 0 amide bonds. The molecule has 0 radical (unpaired) electrons. The van der Waals surface area contributed by atoms with Crippen LogP contribution in [0.4, 0.5) is 26.3 Å². The smallest absolute Gasteiger partial charge is 0.492 e. The van der Waals surface area contributed by atoms with Crippen molar-refractivity contribution in [3.05, 3.63) is 82.8 Å². The van der Waals surface area contributed by atoms with E-state index in [0.717, 1.165) is 28.9 Å². The highest BCUT2D eigenvalue weighted by Gasteiger charge is 2.31. The summed E-state index contributed by atoms with van der Waals surface area (Å²) in [6.07, 6.45) is -9.33. The molecule has 0 aliphatic carbocycles. The van der Waals surface area contributed by atoms with Crippen LogP contribution in [0.3, 0.4) is 0 Å². The van der Waals surface area contributed by atoms with Gasteiger partial charge in [0.25, 0.3) is 0 Å². The van der Waals surface area contributed by atoms with Crippen molar-refractivity contribution in [2.24, 2.45) is 0 Å². The van der Waals surface area contributed by atoms with Gasteiger partial charge in [-0.2, -0.15) is 13.2 Å². The lowest BCUT2D eigenvalue weighted by Gasteiger charge is -2.10. The van der Waals surface area contributed by atoms with Crippen LogP contribution in [0.2, 0.25) is 0 Å². The monoisotopic (exact) mass is 483 g/mol. The molecule has 0 aliphatic rings. The molecule has 0 spiro atoms. The Bertz CT molecular complexity index is 1360. The van der Waals surface area contributed by atoms with Crippen LogP contribution in [0.25, 0.3) is 16.9 Å². The molecule has 34 heavy (non-hydrogen) atoms. The van der Waals surface area contributed by atoms with Gasteiger partial charge in [0.15, 0.2) is 5.65 Å². The van der Waals surface area contributed by atoms with Crippen molar-refractivity contribution >= 4 is 5.65 Å². The topological polar surface area (TPSA) is 57.8 Å². The number of hydrogen-bond donors (Lipinski definition) is 0. The molecule has 0 atom stereocenters. The Morgan fingerprint density at radius 2 is 1.56 bits per heavy atom. The molecule has 0 bridgehead atoms. The Morgan fingerprint density at radius 1 is 0.853 bits per heavy atom. The van der Waals surface area contributed by atoms with Crippen LogP contribution in [0.1, 0.15) is 5.56 Å². The minimum atomic E-state index is -4.82. The Labute approximate surface area is 187 Å². The molecule has 0 saturated heterocycles. The first-order valence-electron chi connectivity index (χ1n) is 9.76. The lowest BCUT2D eigenvalue weighted by molar-refractivity contribution is -0.274. The number of pyridine rings is 1. The average molecular weight is 483 g/mol. The maximum absolute atomic E-state index is 12.9. The van der Waals surface area contributed by atoms with Crippen LogP contribution in [-0.4, -0.2) is 27.2 Å². The summed E-state index contributed by atoms with van der Waals surface area (Å²) in [6, 6.07) is 14.1. The third-order valence-corrected chi connectivity index (χ3v) is 4.72. The van der Waals surface area contributed by atoms with E-state index < -0.39 is 29.5 Å². The van der Waals surface area contributed by atoms with Gasteiger partial charge in [-0.05, 0) is 60.2 Å². The maximum atomic E-state index is 12.9. The second-order valence-electron chi connectivity index (χ2n) is 7.06. The fourth-order valence-corrected chi connectivity index (χ4v) is 3.27. The first-order chi connectivity index (χ1) is 16.0. The molecule has 2 aromatic heterocycles. The van der Waals surface area contributed by atoms with E-state index in [9.17, 15) is 31.1 Å². The van der Waals surface area contributed by atoms with Crippen LogP contribution < -0.4 is 15.2 Å². The summed E-state index contributed by atoms with van der Waals surface area (Å²) in [7, 11) is 0. The van der Waals surface area contributed by atoms with Crippen LogP contribution in [0, 0.1) is 0 Å². The van der Waals surface area contributed by atoms with E-state index in [4.69, 9.17) is 4.74 Å². The normalized spacial score (nSPS) is 12.2. The molecular formula is C22H15F6N3O3. The van der Waals surface area contributed by atoms with Crippen LogP contribution >= 0.6 is 0 Å². The highest BCUT2D eigenvalue weighted by molar-refractivity contribution is 5.64. The fraction of sp³-hybridized carbons (Fsp3) is 0.182. The zero-order chi connectivity index (χ0) is 24.5. The van der Waals surface area contributed by atoms with E-state index in [0.29, 0.717) is 11.3 Å². The molecule has 0 unspecified atom stereocenters. The van der Waals surface area contributed by atoms with E-state index in [1.54, 1.807) is 18.2 Å². The number of hydrogen-bond acceptors (Lipinski definition) is 4. The summed E-state index contributed by atoms with van der Waals surface area (Å²) in [4.78, 5) is 12.9. The Kier molecular flexibility index (Phi) is 5.98. The SMILES string of the molecule is O=c1n(CCOc2cccc(C(F)(F)F)c2)nc2cccc(-c3ccc(OC(F)(F)F)cc3)n12. The zero-order valence-corrected chi connectivity index (χ0v) is 17.1. The first kappa shape index (κ1) is 23.2. The third kappa shape index (κ3) is 5.16. The van der Waals surface area contributed by atoms with Gasteiger partial charge in [-0.1, -0.05) is 12.1 Å². The quantitative estimate of drug-likeness (QED) is 0.356. The van der Waals surface area contributed by atoms with Crippen molar-refractivity contribution in [3.8, 4) is 22.8 Å². The number of benzene rings is 2. The molecule has 2 heterocycles. The largest absolute Gasteiger partial charge is 0.573 e. The Hall–Kier alpha value is -3.96. The summed E-state index contributed by atoms with van der Waals surface area (Å²) >= 11 is 0. The second kappa shape index (κ2) is 8.76. The number of rotatable bonds is 6. The zero-order valence-electron chi connectivity index (χ0n) is 17.1. The number of nitrogens with zero attached hydrogens (tertiary/aromatic N) is 3. The third-order valence-electron chi connectivity index (χ3n) is 4.72. The van der Waals surface area contributed by atoms with Crippen molar-refractivity contribution in [2.75, 3.05) is 6.61 Å². The number of fused-ring (bicyclic) bond motifs is 1. The van der Waals surface area contributed by atoms with Crippen LogP contribution in [-0.2, 0) is 12.7 Å². The van der Waals surface area contributed by atoms with Crippen molar-refractivity contribution in [1.29, 1.82) is 0 Å². The molecule has 0 aliphatic heterocycles. The van der Waals surface area contributed by atoms with Gasteiger partial charge < -0.3 is 9.47 Å². The van der Waals surface area contributed by atoms with Gasteiger partial charge in [-0.25, -0.2) is 13.9 Å². The van der Waals surface area contributed by atoms with E-state index in [1.807, 2.05) is 0 Å². The molecule has 6 nitrogen and oxygen atoms in total. The van der Waals surface area contributed by atoms with Crippen LogP contribution in [0.5, 0.6) is 11.5 Å². The molecule has 4 rings (SSSR count). The van der Waals surface area contributed by atoms with Gasteiger partial charge in [-0.3, -0.25) is 0 Å². The highest BCUT2D eigenvalue weighted by Crippen LogP contribution is 2.31. The molecule has 0 saturated carbocycles. The van der Waals surface area contributed by atoms with Gasteiger partial charge in [0.05, 0.1) is 17.8 Å². The molecule has 178 valence electrons. The van der Waals surface area contributed by atoms with Gasteiger partial charge >= 0.3 is 18.2 Å². The minimum Gasteiger partial charge on any atom is -0.492 e. The molecule has 0 fully saturated rings. The van der Waals surface area contributed by atoms with Crippen molar-refractivity contribution in [2.45, 2.75) is 19.1 Å². The molecule has 4 aromatic rings. The van der Waals surface area contributed by atoms with Gasteiger partial charge in [0.1, 0.15) is 18.1 Å². The van der Waals surface area contributed by atoms with E-state index in [1.165, 1.54) is 28.7 Å². The lowest BCUT2D eigenvalue weighted by atomic mass is 10.1. The fourth-order valence-electron chi connectivity index (χ4n) is 3.27. The van der Waals surface area contributed by atoms with Crippen molar-refractivity contribution < 1.29 is 35.8 Å². The summed E-state index contributed by atoms with van der Waals surface area (Å²) in [6.45, 7) is -0.168. The molecule has 12 heteroatoms. The predicted molar refractivity (Wildman–Crippen MR) is 109 cm³/mol. The number of halogens is 6. The number of aromatic nitrogens is 3. The standard InChI is InChI=1S/C22H15F6N3O3/c23-21(24,25)15-3-1-4-17(13-15)33-12-11-30-20(32)31-18(5-2-6-19(31)29-30)14-7-9-16(10-8-14)34-22(26,27)28/h1-10,13H,11-12H2. The summed E-state index contributed by atoms with van der Waals surface area (Å²) in [5, 5.41) is 4.19. The summed E-state index contributed by atoms with van der Waals surface area (Å²) < 4.78 is 87.2. The van der Waals surface area contributed by atoms with E-state index in [2.05, 4.69) is 9.84 Å². The molecular weight excluding hydrogens is 468 g/mol. The van der Waals surface area contributed by atoms with Crippen molar-refractivity contribution in [3.63, 3.8) is 0 Å². The predicted octanol–water partition coefficient (Wildman–Crippen LogP) is 5.16. The summed E-state index contributed by atoms with van der Waals surface area (Å²) in [5.41, 5.74) is -0.301. The second-order valence-corrected chi connectivity index (χ2v) is 7.06. The summed E-state index contributed by atoms with van der Waals surface area (Å²) in [5.74, 6) is -0.410. The maximum Gasteiger partial charge on any atom is 0.573 e. The molecule has 2 aromatic carbocycles. The average Bonchev–Trinajstić information content (AvgIpc) is 3.09. The van der Waals surface area contributed by atoms with E-state index in [-0.39, 0.29) is 24.5 Å². The van der Waals surface area contributed by atoms with Crippen LogP contribution in [0.15, 0.2) is 71.5 Å². The van der Waals surface area contributed by atoms with Gasteiger partial charge in [0.2, 0.25) is 0 Å². The van der Waals surface area contributed by atoms with E-state index >= 15 is 0 Å². The number of alkyl halides is 6. The lowest BCUT2D eigenvalue weighted by Crippen LogP contribution is -2.24. The van der Waals surface area contributed by atoms with Crippen molar-refractivity contribution in [1.82, 2.24) is 14.2 Å². The highest BCUT2D eigenvalue weighted by atomic mass is 19.4.